The van der Waals surface area contributed by atoms with Crippen molar-refractivity contribution in [2.75, 3.05) is 7.11 Å². The first kappa shape index (κ1) is 31.2. The molecule has 0 atom stereocenters. The Morgan fingerprint density at radius 1 is 0.775 bits per heavy atom. The normalized spacial score (nSPS) is 30.2. The molecule has 3 aliphatic rings. The molecular formula is C31H42F6O3. The molecule has 0 radical (unpaired) electrons. The molecule has 0 saturated heterocycles. The minimum absolute atomic E-state index is 0.112. The van der Waals surface area contributed by atoms with E-state index in [1.807, 2.05) is 0 Å². The van der Waals surface area contributed by atoms with Crippen molar-refractivity contribution >= 4 is 5.97 Å². The number of carbonyl (C=O) groups is 1. The summed E-state index contributed by atoms with van der Waals surface area (Å²) in [6, 6.07) is 1.98. The number of hydrogen-bond acceptors (Lipinski definition) is 3. The lowest BCUT2D eigenvalue weighted by molar-refractivity contribution is -0.164. The molecule has 226 valence electrons. The lowest BCUT2D eigenvalue weighted by Gasteiger charge is -2.37. The quantitative estimate of drug-likeness (QED) is 0.184. The summed E-state index contributed by atoms with van der Waals surface area (Å²) in [6.45, 7) is 2.20. The van der Waals surface area contributed by atoms with Crippen LogP contribution < -0.4 is 4.74 Å². The first-order valence-corrected chi connectivity index (χ1v) is 15.0. The molecule has 0 spiro atoms. The highest BCUT2D eigenvalue weighted by atomic mass is 19.4. The molecule has 0 bridgehead atoms. The standard InChI is InChI=1S/C31H42F6O3/c1-3-4-19-5-7-20(8-6-19)21-9-11-23(12-10-21)29(38)40-26-18-17-25(22-13-15-24(39-2)16-14-22)27(30(32,33)34)28(26)31(35,36)37/h17-24H,3-16H2,1-2H3. The molecule has 1 aromatic rings. The maximum absolute atomic E-state index is 14.2. The topological polar surface area (TPSA) is 35.5 Å². The Morgan fingerprint density at radius 2 is 1.32 bits per heavy atom. The number of carbonyl (C=O) groups excluding carboxylic acids is 1. The Bertz CT molecular complexity index is 980. The number of esters is 1. The van der Waals surface area contributed by atoms with Crippen LogP contribution in [0.5, 0.6) is 5.75 Å². The van der Waals surface area contributed by atoms with E-state index in [-0.39, 0.29) is 11.7 Å². The summed E-state index contributed by atoms with van der Waals surface area (Å²) in [4.78, 5) is 13.0. The maximum Gasteiger partial charge on any atom is 0.420 e. The molecule has 0 heterocycles. The van der Waals surface area contributed by atoms with Gasteiger partial charge in [0, 0.05) is 7.11 Å². The second kappa shape index (κ2) is 13.0. The SMILES string of the molecule is CCCC1CCC(C2CCC(C(=O)Oc3ccc(C4CCC(OC)CC4)c(C(F)(F)F)c3C(F)(F)F)CC2)CC1. The molecule has 3 aliphatic carbocycles. The van der Waals surface area contributed by atoms with Gasteiger partial charge in [0.2, 0.25) is 0 Å². The monoisotopic (exact) mass is 576 g/mol. The summed E-state index contributed by atoms with van der Waals surface area (Å²) in [5, 5.41) is 0. The van der Waals surface area contributed by atoms with Crippen LogP contribution in [0.4, 0.5) is 26.3 Å². The third kappa shape index (κ3) is 7.35. The zero-order chi connectivity index (χ0) is 29.1. The number of methoxy groups -OCH3 is 1. The van der Waals surface area contributed by atoms with E-state index >= 15 is 0 Å². The van der Waals surface area contributed by atoms with Gasteiger partial charge in [0.25, 0.3) is 0 Å². The largest absolute Gasteiger partial charge is 0.426 e. The van der Waals surface area contributed by atoms with Crippen molar-refractivity contribution in [3.05, 3.63) is 28.8 Å². The molecule has 0 aromatic heterocycles. The van der Waals surface area contributed by atoms with E-state index in [4.69, 9.17) is 9.47 Å². The fourth-order valence-electron chi connectivity index (χ4n) is 7.60. The highest BCUT2D eigenvalue weighted by Gasteiger charge is 2.49. The number of rotatable bonds is 7. The number of hydrogen-bond donors (Lipinski definition) is 0. The van der Waals surface area contributed by atoms with Gasteiger partial charge in [-0.3, -0.25) is 4.79 Å². The highest BCUT2D eigenvalue weighted by molar-refractivity contribution is 5.76. The summed E-state index contributed by atoms with van der Waals surface area (Å²) in [6.07, 6.45) is 0.677. The van der Waals surface area contributed by atoms with E-state index in [0.717, 1.165) is 30.9 Å². The maximum atomic E-state index is 14.2. The van der Waals surface area contributed by atoms with E-state index in [1.165, 1.54) is 45.6 Å². The number of benzene rings is 1. The zero-order valence-electron chi connectivity index (χ0n) is 23.5. The summed E-state index contributed by atoms with van der Waals surface area (Å²) >= 11 is 0. The van der Waals surface area contributed by atoms with Crippen molar-refractivity contribution in [2.24, 2.45) is 23.7 Å². The number of ether oxygens (including phenoxy) is 2. The van der Waals surface area contributed by atoms with E-state index in [1.54, 1.807) is 0 Å². The van der Waals surface area contributed by atoms with Crippen LogP contribution in [-0.2, 0) is 21.9 Å². The zero-order valence-corrected chi connectivity index (χ0v) is 23.5. The van der Waals surface area contributed by atoms with E-state index in [9.17, 15) is 31.1 Å². The van der Waals surface area contributed by atoms with Crippen molar-refractivity contribution < 1.29 is 40.6 Å². The Balaban J connectivity index is 1.48. The summed E-state index contributed by atoms with van der Waals surface area (Å²) in [5.74, 6) is -1.30. The molecule has 40 heavy (non-hydrogen) atoms. The second-order valence-electron chi connectivity index (χ2n) is 12.2. The molecule has 1 aromatic carbocycles. The average Bonchev–Trinajstić information content (AvgIpc) is 2.92. The van der Waals surface area contributed by atoms with Crippen molar-refractivity contribution in [1.82, 2.24) is 0 Å². The fraction of sp³-hybridized carbons (Fsp3) is 0.774. The third-order valence-corrected chi connectivity index (χ3v) is 9.78. The lowest BCUT2D eigenvalue weighted by atomic mass is 9.69. The van der Waals surface area contributed by atoms with Gasteiger partial charge >= 0.3 is 18.3 Å². The first-order chi connectivity index (χ1) is 18.9. The molecule has 0 amide bonds. The molecule has 4 rings (SSSR count). The Morgan fingerprint density at radius 3 is 1.82 bits per heavy atom. The van der Waals surface area contributed by atoms with Gasteiger partial charge in [0.1, 0.15) is 11.3 Å². The number of halogens is 6. The van der Waals surface area contributed by atoms with E-state index in [0.29, 0.717) is 50.4 Å². The molecule has 3 fully saturated rings. The fourth-order valence-corrected chi connectivity index (χ4v) is 7.60. The molecule has 9 heteroatoms. The number of alkyl halides is 6. The van der Waals surface area contributed by atoms with Crippen molar-refractivity contribution in [1.29, 1.82) is 0 Å². The second-order valence-corrected chi connectivity index (χ2v) is 12.2. The Labute approximate surface area is 233 Å². The van der Waals surface area contributed by atoms with Gasteiger partial charge in [-0.2, -0.15) is 26.3 Å². The van der Waals surface area contributed by atoms with Crippen LogP contribution in [0.25, 0.3) is 0 Å². The smallest absolute Gasteiger partial charge is 0.420 e. The van der Waals surface area contributed by atoms with Crippen LogP contribution in [0, 0.1) is 23.7 Å². The van der Waals surface area contributed by atoms with Crippen LogP contribution >= 0.6 is 0 Å². The van der Waals surface area contributed by atoms with Crippen LogP contribution in [0.15, 0.2) is 12.1 Å². The van der Waals surface area contributed by atoms with Gasteiger partial charge in [-0.15, -0.1) is 0 Å². The molecular weight excluding hydrogens is 534 g/mol. The molecule has 3 saturated carbocycles. The van der Waals surface area contributed by atoms with Crippen molar-refractivity contribution in [3.63, 3.8) is 0 Å². The summed E-state index contributed by atoms with van der Waals surface area (Å²) in [5.41, 5.74) is -4.01. The summed E-state index contributed by atoms with van der Waals surface area (Å²) in [7, 11) is 1.52. The molecule has 0 N–H and O–H groups in total. The average molecular weight is 577 g/mol. The Hall–Kier alpha value is -1.77. The highest BCUT2D eigenvalue weighted by Crippen LogP contribution is 2.50. The molecule has 0 unspecified atom stereocenters. The van der Waals surface area contributed by atoms with Gasteiger partial charge in [0.15, 0.2) is 0 Å². The van der Waals surface area contributed by atoms with Crippen LogP contribution in [-0.4, -0.2) is 19.2 Å². The predicted molar refractivity (Wildman–Crippen MR) is 140 cm³/mol. The van der Waals surface area contributed by atoms with Crippen molar-refractivity contribution in [3.8, 4) is 5.75 Å². The molecule has 0 aliphatic heterocycles. The van der Waals surface area contributed by atoms with Gasteiger partial charge in [-0.1, -0.05) is 38.7 Å². The molecule has 3 nitrogen and oxygen atoms in total. The van der Waals surface area contributed by atoms with E-state index in [2.05, 4.69) is 6.92 Å². The minimum Gasteiger partial charge on any atom is -0.426 e. The van der Waals surface area contributed by atoms with Gasteiger partial charge in [-0.25, -0.2) is 0 Å². The van der Waals surface area contributed by atoms with E-state index < -0.39 is 47.0 Å². The van der Waals surface area contributed by atoms with Crippen LogP contribution in [0.2, 0.25) is 0 Å². The van der Waals surface area contributed by atoms with Crippen molar-refractivity contribution in [2.45, 2.75) is 121 Å². The van der Waals surface area contributed by atoms with Gasteiger partial charge < -0.3 is 9.47 Å². The van der Waals surface area contributed by atoms with Gasteiger partial charge in [0.05, 0.1) is 17.6 Å². The summed E-state index contributed by atoms with van der Waals surface area (Å²) < 4.78 is 95.8. The van der Waals surface area contributed by atoms with Crippen LogP contribution in [0.1, 0.15) is 119 Å². The predicted octanol–water partition coefficient (Wildman–Crippen LogP) is 9.72. The third-order valence-electron chi connectivity index (χ3n) is 9.78. The first-order valence-electron chi connectivity index (χ1n) is 15.0. The Kier molecular flexibility index (Phi) is 10.2. The minimum atomic E-state index is -5.34. The lowest BCUT2D eigenvalue weighted by Crippen LogP contribution is -2.31. The van der Waals surface area contributed by atoms with Crippen LogP contribution in [0.3, 0.4) is 0 Å². The van der Waals surface area contributed by atoms with Gasteiger partial charge in [-0.05, 0) is 99.5 Å².